The largest absolute Gasteiger partial charge is 0.393 e. The normalized spacial score (nSPS) is 28.5. The molecule has 0 amide bonds. The molecule has 2 unspecified atom stereocenters. The van der Waals surface area contributed by atoms with Gasteiger partial charge in [-0.2, -0.15) is 0 Å². The number of anilines is 2. The molecule has 3 rings (SSSR count). The highest BCUT2D eigenvalue weighted by Gasteiger charge is 2.38. The van der Waals surface area contributed by atoms with E-state index in [2.05, 4.69) is 17.3 Å². The Labute approximate surface area is 124 Å². The molecule has 2 bridgehead atoms. The Morgan fingerprint density at radius 2 is 2.05 bits per heavy atom. The van der Waals surface area contributed by atoms with Crippen molar-refractivity contribution >= 4 is 17.1 Å². The zero-order valence-corrected chi connectivity index (χ0v) is 12.3. The molecule has 1 aromatic carbocycles. The third-order valence-electron chi connectivity index (χ3n) is 5.01. The molecular weight excluding hydrogens is 268 g/mol. The van der Waals surface area contributed by atoms with Crippen molar-refractivity contribution in [3.05, 3.63) is 28.3 Å². The fourth-order valence-electron chi connectivity index (χ4n) is 3.78. The van der Waals surface area contributed by atoms with Crippen LogP contribution in [0.4, 0.5) is 17.1 Å². The molecule has 0 aromatic heterocycles. The fourth-order valence-corrected chi connectivity index (χ4v) is 3.78. The fraction of sp³-hybridized carbons (Fsp3) is 0.600. The summed E-state index contributed by atoms with van der Waals surface area (Å²) < 4.78 is 0. The minimum atomic E-state index is -0.451. The van der Waals surface area contributed by atoms with Crippen LogP contribution in [-0.2, 0) is 0 Å². The van der Waals surface area contributed by atoms with Crippen LogP contribution in [0, 0.1) is 16.0 Å². The van der Waals surface area contributed by atoms with Gasteiger partial charge in [-0.3, -0.25) is 10.1 Å². The van der Waals surface area contributed by atoms with Crippen molar-refractivity contribution < 1.29 is 4.92 Å². The summed E-state index contributed by atoms with van der Waals surface area (Å²) in [6, 6.07) is 6.32. The lowest BCUT2D eigenvalue weighted by Crippen LogP contribution is -2.41. The molecule has 0 radical (unpaired) electrons. The predicted octanol–water partition coefficient (Wildman–Crippen LogP) is 2.46. The summed E-state index contributed by atoms with van der Waals surface area (Å²) in [6.45, 7) is 0.915. The van der Waals surface area contributed by atoms with Gasteiger partial charge in [0.15, 0.2) is 0 Å². The second kappa shape index (κ2) is 5.52. The Morgan fingerprint density at radius 1 is 1.38 bits per heavy atom. The molecule has 114 valence electrons. The first kappa shape index (κ1) is 14.1. The van der Waals surface area contributed by atoms with Gasteiger partial charge in [0.25, 0.3) is 5.69 Å². The lowest BCUT2D eigenvalue weighted by atomic mass is 9.91. The molecular formula is C15H22N4O2. The Morgan fingerprint density at radius 3 is 2.62 bits per heavy atom. The van der Waals surface area contributed by atoms with E-state index in [1.807, 2.05) is 0 Å². The molecule has 0 saturated carbocycles. The van der Waals surface area contributed by atoms with Gasteiger partial charge in [0, 0.05) is 30.4 Å². The van der Waals surface area contributed by atoms with E-state index < -0.39 is 4.92 Å². The number of nitro groups is 1. The van der Waals surface area contributed by atoms with Gasteiger partial charge in [0.2, 0.25) is 0 Å². The maximum atomic E-state index is 10.7. The zero-order chi connectivity index (χ0) is 15.0. The molecule has 2 fully saturated rings. The average Bonchev–Trinajstić information content (AvgIpc) is 2.67. The minimum absolute atomic E-state index is 0.0297. The minimum Gasteiger partial charge on any atom is -0.393 e. The van der Waals surface area contributed by atoms with Crippen molar-refractivity contribution in [1.82, 2.24) is 4.90 Å². The molecule has 2 saturated heterocycles. The van der Waals surface area contributed by atoms with Gasteiger partial charge in [-0.15, -0.1) is 0 Å². The van der Waals surface area contributed by atoms with Crippen LogP contribution in [0.1, 0.15) is 25.7 Å². The van der Waals surface area contributed by atoms with Crippen LogP contribution in [0.25, 0.3) is 0 Å². The highest BCUT2D eigenvalue weighted by atomic mass is 16.6. The van der Waals surface area contributed by atoms with E-state index in [9.17, 15) is 10.1 Å². The number of benzene rings is 1. The molecule has 6 nitrogen and oxygen atoms in total. The van der Waals surface area contributed by atoms with Crippen LogP contribution < -0.4 is 11.1 Å². The predicted molar refractivity (Wildman–Crippen MR) is 83.3 cm³/mol. The summed E-state index contributed by atoms with van der Waals surface area (Å²) in [5, 5.41) is 14.1. The first-order valence-electron chi connectivity index (χ1n) is 7.54. The number of nitrogens with zero attached hydrogens (tertiary/aromatic N) is 2. The smallest absolute Gasteiger partial charge is 0.292 e. The second-order valence-electron chi connectivity index (χ2n) is 6.30. The highest BCUT2D eigenvalue weighted by molar-refractivity contribution is 5.65. The first-order chi connectivity index (χ1) is 10.0. The Bertz CT molecular complexity index is 534. The van der Waals surface area contributed by atoms with Crippen LogP contribution in [0.2, 0.25) is 0 Å². The monoisotopic (exact) mass is 290 g/mol. The van der Waals surface area contributed by atoms with Crippen molar-refractivity contribution in [2.75, 3.05) is 24.6 Å². The second-order valence-corrected chi connectivity index (χ2v) is 6.30. The third kappa shape index (κ3) is 2.81. The van der Waals surface area contributed by atoms with Crippen molar-refractivity contribution in [3.63, 3.8) is 0 Å². The number of hydrogen-bond acceptors (Lipinski definition) is 5. The van der Waals surface area contributed by atoms with E-state index in [0.717, 1.165) is 24.3 Å². The summed E-state index contributed by atoms with van der Waals surface area (Å²) in [5.74, 6) is 0.676. The number of fused-ring (bicyclic) bond motifs is 2. The van der Waals surface area contributed by atoms with Crippen molar-refractivity contribution in [2.24, 2.45) is 5.92 Å². The molecule has 2 aliphatic heterocycles. The average molecular weight is 290 g/mol. The topological polar surface area (TPSA) is 84.4 Å². The van der Waals surface area contributed by atoms with Gasteiger partial charge in [0.05, 0.1) is 4.92 Å². The molecule has 1 aromatic rings. The standard InChI is InChI=1S/C15H22N4O2/c1-18-12-3-4-13(18)7-10(6-12)9-17-11-2-5-15(19(20)21)14(16)8-11/h2,5,8,10,12-13,17H,3-4,6-7,9,16H2,1H3. The number of nitrogens with two attached hydrogens (primary N) is 1. The number of rotatable bonds is 4. The van der Waals surface area contributed by atoms with Crippen molar-refractivity contribution in [1.29, 1.82) is 0 Å². The molecule has 0 aliphatic carbocycles. The van der Waals surface area contributed by atoms with Crippen LogP contribution in [0.15, 0.2) is 18.2 Å². The van der Waals surface area contributed by atoms with E-state index in [1.54, 1.807) is 12.1 Å². The molecule has 2 atom stereocenters. The lowest BCUT2D eigenvalue weighted by molar-refractivity contribution is -0.383. The van der Waals surface area contributed by atoms with Gasteiger partial charge in [0.1, 0.15) is 5.69 Å². The Balaban J connectivity index is 1.58. The van der Waals surface area contributed by atoms with Gasteiger partial charge < -0.3 is 16.0 Å². The van der Waals surface area contributed by atoms with Gasteiger partial charge in [-0.25, -0.2) is 0 Å². The summed E-state index contributed by atoms with van der Waals surface area (Å²) in [6.07, 6.45) is 5.12. The van der Waals surface area contributed by atoms with E-state index in [-0.39, 0.29) is 11.4 Å². The maximum Gasteiger partial charge on any atom is 0.292 e. The Kier molecular flexibility index (Phi) is 3.71. The molecule has 0 spiro atoms. The van der Waals surface area contributed by atoms with E-state index >= 15 is 0 Å². The van der Waals surface area contributed by atoms with Gasteiger partial charge in [-0.1, -0.05) is 0 Å². The number of piperidine rings is 1. The molecule has 3 N–H and O–H groups in total. The lowest BCUT2D eigenvalue weighted by Gasteiger charge is -2.36. The molecule has 2 heterocycles. The Hall–Kier alpha value is -1.82. The first-order valence-corrected chi connectivity index (χ1v) is 7.54. The van der Waals surface area contributed by atoms with Crippen LogP contribution in [-0.4, -0.2) is 35.5 Å². The highest BCUT2D eigenvalue weighted by Crippen LogP contribution is 2.37. The summed E-state index contributed by atoms with van der Waals surface area (Å²) in [7, 11) is 2.24. The van der Waals surface area contributed by atoms with Gasteiger partial charge in [-0.05, 0) is 50.8 Å². The van der Waals surface area contributed by atoms with Crippen molar-refractivity contribution in [3.8, 4) is 0 Å². The van der Waals surface area contributed by atoms with Crippen molar-refractivity contribution in [2.45, 2.75) is 37.8 Å². The van der Waals surface area contributed by atoms with E-state index in [4.69, 9.17) is 5.73 Å². The number of nitrogen functional groups attached to an aromatic ring is 1. The van der Waals surface area contributed by atoms with Crippen LogP contribution in [0.3, 0.4) is 0 Å². The SMILES string of the molecule is CN1C2CCC1CC(CNc1ccc([N+](=O)[O-])c(N)c1)C2. The van der Waals surface area contributed by atoms with E-state index in [1.165, 1.54) is 31.7 Å². The summed E-state index contributed by atoms with van der Waals surface area (Å²) in [4.78, 5) is 12.8. The summed E-state index contributed by atoms with van der Waals surface area (Å²) in [5.41, 5.74) is 6.77. The number of hydrogen-bond donors (Lipinski definition) is 2. The maximum absolute atomic E-state index is 10.7. The molecule has 21 heavy (non-hydrogen) atoms. The van der Waals surface area contributed by atoms with Gasteiger partial charge >= 0.3 is 0 Å². The summed E-state index contributed by atoms with van der Waals surface area (Å²) >= 11 is 0. The van der Waals surface area contributed by atoms with Crippen LogP contribution >= 0.6 is 0 Å². The quantitative estimate of drug-likeness (QED) is 0.505. The van der Waals surface area contributed by atoms with E-state index in [0.29, 0.717) is 5.92 Å². The third-order valence-corrected chi connectivity index (χ3v) is 5.01. The number of nitrogens with one attached hydrogen (secondary N) is 1. The molecule has 2 aliphatic rings. The molecule has 6 heteroatoms. The number of nitro benzene ring substituents is 1. The van der Waals surface area contributed by atoms with Crippen LogP contribution in [0.5, 0.6) is 0 Å². The zero-order valence-electron chi connectivity index (χ0n) is 12.3.